The van der Waals surface area contributed by atoms with Crippen LogP contribution >= 0.6 is 11.6 Å². The van der Waals surface area contributed by atoms with Gasteiger partial charge in [-0.2, -0.15) is 0 Å². The average molecular weight is 360 g/mol. The van der Waals surface area contributed by atoms with Gasteiger partial charge >= 0.3 is 0 Å². The number of carbonyl (C=O) groups is 2. The minimum Gasteiger partial charge on any atom is -0.350 e. The van der Waals surface area contributed by atoms with Crippen LogP contribution in [0.15, 0.2) is 48.7 Å². The first-order valence-electron chi connectivity index (χ1n) is 8.21. The molecule has 1 heterocycles. The van der Waals surface area contributed by atoms with Crippen LogP contribution in [-0.2, 0) is 22.6 Å². The first-order valence-corrected chi connectivity index (χ1v) is 8.59. The van der Waals surface area contributed by atoms with E-state index in [2.05, 4.69) is 10.3 Å². The Morgan fingerprint density at radius 2 is 2.00 bits per heavy atom. The highest BCUT2D eigenvalue weighted by molar-refractivity contribution is 6.30. The molecule has 0 atom stereocenters. The summed E-state index contributed by atoms with van der Waals surface area (Å²) in [5.74, 6) is -0.140. The van der Waals surface area contributed by atoms with Gasteiger partial charge in [0.25, 0.3) is 0 Å². The second-order valence-corrected chi connectivity index (χ2v) is 6.17. The Labute approximate surface area is 153 Å². The number of carbonyl (C=O) groups excluding carboxylic acids is 2. The summed E-state index contributed by atoms with van der Waals surface area (Å²) < 4.78 is 0. The quantitative estimate of drug-likeness (QED) is 0.788. The standard InChI is InChI=1S/C19H22ClN3O2/c1-15(24)23(11-8-16-5-4-6-17(20)13-16)12-9-19(25)22-14-18-7-2-3-10-21-18/h2-7,10,13H,8-9,11-12,14H2,1H3,(H,22,25). The van der Waals surface area contributed by atoms with Gasteiger partial charge in [0, 0.05) is 37.7 Å². The highest BCUT2D eigenvalue weighted by Crippen LogP contribution is 2.11. The summed E-state index contributed by atoms with van der Waals surface area (Å²) in [6, 6.07) is 13.1. The fourth-order valence-corrected chi connectivity index (χ4v) is 2.61. The van der Waals surface area contributed by atoms with Crippen molar-refractivity contribution in [2.45, 2.75) is 26.3 Å². The molecule has 1 aromatic carbocycles. The second-order valence-electron chi connectivity index (χ2n) is 5.73. The number of aromatic nitrogens is 1. The molecule has 0 saturated carbocycles. The van der Waals surface area contributed by atoms with Crippen LogP contribution in [0, 0.1) is 0 Å². The number of nitrogens with one attached hydrogen (secondary N) is 1. The van der Waals surface area contributed by atoms with E-state index in [0.717, 1.165) is 11.3 Å². The molecule has 2 amide bonds. The van der Waals surface area contributed by atoms with Crippen molar-refractivity contribution in [1.29, 1.82) is 0 Å². The normalized spacial score (nSPS) is 10.3. The molecular weight excluding hydrogens is 338 g/mol. The molecular formula is C19H22ClN3O2. The van der Waals surface area contributed by atoms with Gasteiger partial charge < -0.3 is 10.2 Å². The lowest BCUT2D eigenvalue weighted by atomic mass is 10.1. The molecule has 132 valence electrons. The van der Waals surface area contributed by atoms with Gasteiger partial charge in [-0.05, 0) is 36.2 Å². The van der Waals surface area contributed by atoms with Gasteiger partial charge in [0.1, 0.15) is 0 Å². The number of benzene rings is 1. The maximum Gasteiger partial charge on any atom is 0.222 e. The van der Waals surface area contributed by atoms with E-state index in [4.69, 9.17) is 11.6 Å². The number of pyridine rings is 1. The van der Waals surface area contributed by atoms with Crippen LogP contribution in [0.1, 0.15) is 24.6 Å². The zero-order valence-corrected chi connectivity index (χ0v) is 15.0. The topological polar surface area (TPSA) is 62.3 Å². The molecule has 0 aliphatic rings. The Hall–Kier alpha value is -2.40. The lowest BCUT2D eigenvalue weighted by Gasteiger charge is -2.21. The molecule has 0 bridgehead atoms. The van der Waals surface area contributed by atoms with Crippen LogP contribution in [0.3, 0.4) is 0 Å². The predicted octanol–water partition coefficient (Wildman–Crippen LogP) is 2.83. The van der Waals surface area contributed by atoms with Crippen LogP contribution in [-0.4, -0.2) is 34.8 Å². The van der Waals surface area contributed by atoms with Gasteiger partial charge in [0.05, 0.1) is 12.2 Å². The highest BCUT2D eigenvalue weighted by Gasteiger charge is 2.11. The minimum atomic E-state index is -0.0975. The van der Waals surface area contributed by atoms with Crippen LogP contribution in [0.5, 0.6) is 0 Å². The third-order valence-corrected chi connectivity index (χ3v) is 4.04. The summed E-state index contributed by atoms with van der Waals surface area (Å²) in [6.45, 7) is 2.86. The number of amides is 2. The molecule has 1 aromatic heterocycles. The Balaban J connectivity index is 1.76. The van der Waals surface area contributed by atoms with Crippen molar-refractivity contribution in [3.63, 3.8) is 0 Å². The molecule has 0 aliphatic heterocycles. The van der Waals surface area contributed by atoms with Crippen molar-refractivity contribution < 1.29 is 9.59 Å². The highest BCUT2D eigenvalue weighted by atomic mass is 35.5. The van der Waals surface area contributed by atoms with E-state index in [1.54, 1.807) is 11.1 Å². The van der Waals surface area contributed by atoms with Gasteiger partial charge in [0.2, 0.25) is 11.8 Å². The molecule has 6 heteroatoms. The summed E-state index contributed by atoms with van der Waals surface area (Å²) in [6.07, 6.45) is 2.66. The summed E-state index contributed by atoms with van der Waals surface area (Å²) in [5, 5.41) is 3.50. The van der Waals surface area contributed by atoms with E-state index in [0.29, 0.717) is 31.1 Å². The number of nitrogens with zero attached hydrogens (tertiary/aromatic N) is 2. The average Bonchev–Trinajstić information content (AvgIpc) is 2.60. The number of hydrogen-bond donors (Lipinski definition) is 1. The Kier molecular flexibility index (Phi) is 7.41. The van der Waals surface area contributed by atoms with E-state index in [-0.39, 0.29) is 18.2 Å². The molecule has 0 fully saturated rings. The third kappa shape index (κ3) is 6.93. The minimum absolute atomic E-state index is 0.0421. The summed E-state index contributed by atoms with van der Waals surface area (Å²) >= 11 is 5.97. The van der Waals surface area contributed by atoms with Gasteiger partial charge in [0.15, 0.2) is 0 Å². The van der Waals surface area contributed by atoms with Crippen molar-refractivity contribution in [2.75, 3.05) is 13.1 Å². The molecule has 0 radical (unpaired) electrons. The van der Waals surface area contributed by atoms with Gasteiger partial charge in [-0.3, -0.25) is 14.6 Å². The number of hydrogen-bond acceptors (Lipinski definition) is 3. The first-order chi connectivity index (χ1) is 12.0. The second kappa shape index (κ2) is 9.79. The van der Waals surface area contributed by atoms with Crippen LogP contribution in [0.4, 0.5) is 0 Å². The van der Waals surface area contributed by atoms with Crippen LogP contribution in [0.25, 0.3) is 0 Å². The lowest BCUT2D eigenvalue weighted by molar-refractivity contribution is -0.129. The predicted molar refractivity (Wildman–Crippen MR) is 98.1 cm³/mol. The zero-order valence-electron chi connectivity index (χ0n) is 14.2. The zero-order chi connectivity index (χ0) is 18.1. The van der Waals surface area contributed by atoms with E-state index in [9.17, 15) is 9.59 Å². The molecule has 0 saturated heterocycles. The molecule has 25 heavy (non-hydrogen) atoms. The van der Waals surface area contributed by atoms with E-state index < -0.39 is 0 Å². The molecule has 2 aromatic rings. The molecule has 0 spiro atoms. The van der Waals surface area contributed by atoms with Crippen molar-refractivity contribution in [3.05, 3.63) is 64.9 Å². The molecule has 2 rings (SSSR count). The smallest absolute Gasteiger partial charge is 0.222 e. The Morgan fingerprint density at radius 3 is 2.68 bits per heavy atom. The Bertz CT molecular complexity index is 707. The first kappa shape index (κ1) is 18.9. The third-order valence-electron chi connectivity index (χ3n) is 3.81. The van der Waals surface area contributed by atoms with Crippen LogP contribution in [0.2, 0.25) is 5.02 Å². The maximum absolute atomic E-state index is 12.0. The van der Waals surface area contributed by atoms with Gasteiger partial charge in [-0.1, -0.05) is 29.8 Å². The monoisotopic (exact) mass is 359 g/mol. The van der Waals surface area contributed by atoms with Crippen LogP contribution < -0.4 is 5.32 Å². The largest absolute Gasteiger partial charge is 0.350 e. The molecule has 0 aliphatic carbocycles. The van der Waals surface area contributed by atoms with Gasteiger partial charge in [-0.25, -0.2) is 0 Å². The van der Waals surface area contributed by atoms with E-state index in [1.807, 2.05) is 42.5 Å². The van der Waals surface area contributed by atoms with E-state index >= 15 is 0 Å². The Morgan fingerprint density at radius 1 is 1.16 bits per heavy atom. The molecule has 5 nitrogen and oxygen atoms in total. The molecule has 0 unspecified atom stereocenters. The maximum atomic E-state index is 12.0. The van der Waals surface area contributed by atoms with Crippen molar-refractivity contribution in [3.8, 4) is 0 Å². The molecule has 1 N–H and O–H groups in total. The number of halogens is 1. The fraction of sp³-hybridized carbons (Fsp3) is 0.316. The van der Waals surface area contributed by atoms with Crippen molar-refractivity contribution in [1.82, 2.24) is 15.2 Å². The number of rotatable bonds is 8. The summed E-state index contributed by atoms with van der Waals surface area (Å²) in [4.78, 5) is 29.6. The lowest BCUT2D eigenvalue weighted by Crippen LogP contribution is -2.35. The fourth-order valence-electron chi connectivity index (χ4n) is 2.40. The summed E-state index contributed by atoms with van der Waals surface area (Å²) in [7, 11) is 0. The van der Waals surface area contributed by atoms with Gasteiger partial charge in [-0.15, -0.1) is 0 Å². The van der Waals surface area contributed by atoms with E-state index in [1.165, 1.54) is 6.92 Å². The van der Waals surface area contributed by atoms with Crippen molar-refractivity contribution >= 4 is 23.4 Å². The van der Waals surface area contributed by atoms with Crippen molar-refractivity contribution in [2.24, 2.45) is 0 Å². The SMILES string of the molecule is CC(=O)N(CCC(=O)NCc1ccccn1)CCc1cccc(Cl)c1. The summed E-state index contributed by atoms with van der Waals surface area (Å²) in [5.41, 5.74) is 1.87.